The molecule has 0 aliphatic heterocycles. The molecule has 0 aromatic carbocycles. The molecule has 0 radical (unpaired) electrons. The molecule has 0 unspecified atom stereocenters. The van der Waals surface area contributed by atoms with Gasteiger partial charge in [-0.05, 0) is 12.5 Å². The van der Waals surface area contributed by atoms with Gasteiger partial charge in [0.25, 0.3) is 0 Å². The zero-order chi connectivity index (χ0) is 10.4. The van der Waals surface area contributed by atoms with Crippen LogP contribution < -0.4 is 0 Å². The smallest absolute Gasteiger partial charge is 0.128 e. The number of rotatable bonds is 4. The molecule has 0 spiro atoms. The maximum Gasteiger partial charge on any atom is 0.128 e. The fourth-order valence-corrected chi connectivity index (χ4v) is 1.13. The lowest BCUT2D eigenvalue weighted by Crippen LogP contribution is -1.98. The monoisotopic (exact) mass is 219 g/mol. The molecule has 0 atom stereocenters. The molecule has 0 saturated heterocycles. The summed E-state index contributed by atoms with van der Waals surface area (Å²) in [7, 11) is 1.54. The first-order valence-corrected chi connectivity index (χ1v) is 4.41. The lowest BCUT2D eigenvalue weighted by atomic mass is 10.1. The van der Waals surface area contributed by atoms with Gasteiger partial charge < -0.3 is 4.79 Å². The number of aldehydes is 1. The van der Waals surface area contributed by atoms with E-state index in [0.29, 0.717) is 16.2 Å². The summed E-state index contributed by atoms with van der Waals surface area (Å²) in [5.74, 6) is 0. The third kappa shape index (κ3) is 3.75. The molecule has 0 bridgehead atoms. The maximum absolute atomic E-state index is 10.3. The molecule has 2 nitrogen and oxygen atoms in total. The number of aliphatic imine (C=N–C) groups is 1. The topological polar surface area (TPSA) is 29.4 Å². The minimum Gasteiger partial charge on any atom is -0.303 e. The van der Waals surface area contributed by atoms with Gasteiger partial charge in [0.1, 0.15) is 11.5 Å². The van der Waals surface area contributed by atoms with Crippen molar-refractivity contribution >= 4 is 34.7 Å². The Labute approximate surface area is 87.9 Å². The largest absolute Gasteiger partial charge is 0.303 e. The molecule has 0 aromatic rings. The Bertz CT molecular complexity index is 279. The van der Waals surface area contributed by atoms with Crippen LogP contribution in [0.4, 0.5) is 0 Å². The number of allylic oxidation sites excluding steroid dienone is 3. The van der Waals surface area contributed by atoms with Gasteiger partial charge in [0, 0.05) is 24.1 Å². The molecule has 13 heavy (non-hydrogen) atoms. The minimum absolute atomic E-state index is 0.155. The standard InChI is InChI=1S/C9H11Cl2NO/c1-6(2)8(10)7(4-5-13)9(11)12-3/h5H,1,4H2,2-3H3/b8-7+,12-9+. The Morgan fingerprint density at radius 2 is 2.08 bits per heavy atom. The van der Waals surface area contributed by atoms with Crippen LogP contribution in [0.1, 0.15) is 13.3 Å². The van der Waals surface area contributed by atoms with Crippen LogP contribution in [-0.2, 0) is 4.79 Å². The van der Waals surface area contributed by atoms with Gasteiger partial charge in [-0.25, -0.2) is 0 Å². The number of halogens is 2. The second kappa shape index (κ2) is 5.95. The van der Waals surface area contributed by atoms with E-state index in [1.54, 1.807) is 6.92 Å². The van der Waals surface area contributed by atoms with E-state index >= 15 is 0 Å². The van der Waals surface area contributed by atoms with E-state index in [-0.39, 0.29) is 11.6 Å². The molecule has 0 rings (SSSR count). The summed E-state index contributed by atoms with van der Waals surface area (Å²) in [6.07, 6.45) is 0.885. The van der Waals surface area contributed by atoms with Gasteiger partial charge in [0.05, 0.1) is 0 Å². The molecule has 4 heteroatoms. The van der Waals surface area contributed by atoms with Crippen molar-refractivity contribution in [2.24, 2.45) is 4.99 Å². The van der Waals surface area contributed by atoms with Crippen molar-refractivity contribution in [2.75, 3.05) is 7.05 Å². The number of hydrogen-bond acceptors (Lipinski definition) is 2. The molecular weight excluding hydrogens is 209 g/mol. The Kier molecular flexibility index (Phi) is 5.67. The van der Waals surface area contributed by atoms with Gasteiger partial charge in [0.2, 0.25) is 0 Å². The minimum atomic E-state index is 0.155. The second-order valence-electron chi connectivity index (χ2n) is 2.46. The molecule has 0 N–H and O–H groups in total. The molecule has 0 saturated carbocycles. The lowest BCUT2D eigenvalue weighted by molar-refractivity contribution is -0.107. The number of carbonyl (C=O) groups is 1. The zero-order valence-corrected chi connectivity index (χ0v) is 9.11. The fourth-order valence-electron chi connectivity index (χ4n) is 0.740. The summed E-state index contributed by atoms with van der Waals surface area (Å²) in [5, 5.41) is 0.655. The number of hydrogen-bond donors (Lipinski definition) is 0. The quantitative estimate of drug-likeness (QED) is 0.407. The molecule has 0 fully saturated rings. The van der Waals surface area contributed by atoms with Crippen molar-refractivity contribution in [1.29, 1.82) is 0 Å². The van der Waals surface area contributed by atoms with E-state index in [2.05, 4.69) is 11.6 Å². The van der Waals surface area contributed by atoms with Crippen molar-refractivity contribution in [3.63, 3.8) is 0 Å². The Morgan fingerprint density at radius 3 is 2.38 bits per heavy atom. The van der Waals surface area contributed by atoms with Crippen molar-refractivity contribution in [3.05, 3.63) is 22.8 Å². The van der Waals surface area contributed by atoms with Crippen molar-refractivity contribution in [1.82, 2.24) is 0 Å². The Balaban J connectivity index is 5.10. The maximum atomic E-state index is 10.3. The molecule has 0 aliphatic rings. The first-order valence-electron chi connectivity index (χ1n) is 3.65. The van der Waals surface area contributed by atoms with Gasteiger partial charge in [-0.15, -0.1) is 0 Å². The van der Waals surface area contributed by atoms with Crippen molar-refractivity contribution in [3.8, 4) is 0 Å². The average molecular weight is 220 g/mol. The molecule has 0 amide bonds. The van der Waals surface area contributed by atoms with Crippen LogP contribution in [0.5, 0.6) is 0 Å². The van der Waals surface area contributed by atoms with Gasteiger partial charge in [0.15, 0.2) is 0 Å². The summed E-state index contributed by atoms with van der Waals surface area (Å²) >= 11 is 11.6. The highest BCUT2D eigenvalue weighted by atomic mass is 35.5. The second-order valence-corrected chi connectivity index (χ2v) is 3.19. The number of nitrogens with zero attached hydrogens (tertiary/aromatic N) is 1. The van der Waals surface area contributed by atoms with E-state index in [1.807, 2.05) is 0 Å². The van der Waals surface area contributed by atoms with Crippen LogP contribution in [0, 0.1) is 0 Å². The first kappa shape index (κ1) is 12.4. The summed E-state index contributed by atoms with van der Waals surface area (Å²) in [5.41, 5.74) is 1.19. The highest BCUT2D eigenvalue weighted by Crippen LogP contribution is 2.22. The van der Waals surface area contributed by atoms with Gasteiger partial charge in [-0.1, -0.05) is 29.8 Å². The van der Waals surface area contributed by atoms with Crippen LogP contribution in [-0.4, -0.2) is 18.5 Å². The Hall–Kier alpha value is -0.600. The molecule has 0 aromatic heterocycles. The van der Waals surface area contributed by atoms with Gasteiger partial charge in [-0.3, -0.25) is 4.99 Å². The summed E-state index contributed by atoms with van der Waals surface area (Å²) in [4.78, 5) is 14.1. The Morgan fingerprint density at radius 1 is 1.54 bits per heavy atom. The fraction of sp³-hybridized carbons (Fsp3) is 0.333. The van der Waals surface area contributed by atoms with Crippen LogP contribution in [0.2, 0.25) is 0 Å². The zero-order valence-electron chi connectivity index (χ0n) is 7.60. The van der Waals surface area contributed by atoms with Crippen LogP contribution in [0.25, 0.3) is 0 Å². The first-order chi connectivity index (χ1) is 6.04. The predicted octanol–water partition coefficient (Wildman–Crippen LogP) is 2.91. The lowest BCUT2D eigenvalue weighted by Gasteiger charge is -2.04. The highest BCUT2D eigenvalue weighted by molar-refractivity contribution is 6.70. The summed E-state index contributed by atoms with van der Waals surface area (Å²) in [6.45, 7) is 5.40. The van der Waals surface area contributed by atoms with Crippen LogP contribution in [0.15, 0.2) is 27.7 Å². The SMILES string of the molecule is C=C(C)/C(Cl)=C(CC=O)\C(Cl)=N/C. The number of carbonyl (C=O) groups excluding carboxylic acids is 1. The highest BCUT2D eigenvalue weighted by Gasteiger charge is 2.09. The van der Waals surface area contributed by atoms with E-state index < -0.39 is 0 Å². The summed E-state index contributed by atoms with van der Waals surface area (Å²) in [6, 6.07) is 0. The van der Waals surface area contributed by atoms with E-state index in [9.17, 15) is 4.79 Å². The van der Waals surface area contributed by atoms with Crippen molar-refractivity contribution < 1.29 is 4.79 Å². The van der Waals surface area contributed by atoms with Gasteiger partial charge in [-0.2, -0.15) is 0 Å². The molecule has 72 valence electrons. The van der Waals surface area contributed by atoms with Crippen LogP contribution in [0.3, 0.4) is 0 Å². The molecular formula is C9H11Cl2NO. The average Bonchev–Trinajstić information content (AvgIpc) is 2.11. The third-order valence-electron chi connectivity index (χ3n) is 1.37. The van der Waals surface area contributed by atoms with Gasteiger partial charge >= 0.3 is 0 Å². The summed E-state index contributed by atoms with van der Waals surface area (Å²) < 4.78 is 0. The van der Waals surface area contributed by atoms with E-state index in [4.69, 9.17) is 23.2 Å². The van der Waals surface area contributed by atoms with E-state index in [1.165, 1.54) is 7.05 Å². The molecule has 0 heterocycles. The predicted molar refractivity (Wildman–Crippen MR) is 57.6 cm³/mol. The van der Waals surface area contributed by atoms with E-state index in [0.717, 1.165) is 6.29 Å². The normalized spacial score (nSPS) is 13.7. The molecule has 0 aliphatic carbocycles. The van der Waals surface area contributed by atoms with Crippen molar-refractivity contribution in [2.45, 2.75) is 13.3 Å². The van der Waals surface area contributed by atoms with Crippen LogP contribution >= 0.6 is 23.2 Å². The third-order valence-corrected chi connectivity index (χ3v) is 2.32.